The highest BCUT2D eigenvalue weighted by Gasteiger charge is 2.23. The van der Waals surface area contributed by atoms with Crippen LogP contribution in [0, 0.1) is 0 Å². The SMILES string of the molecule is COc1cccc(CN2CCC(NC(=O)NCc3cccs3)CCC2=O)c1. The largest absolute Gasteiger partial charge is 0.497 e. The van der Waals surface area contributed by atoms with Crippen LogP contribution >= 0.6 is 11.3 Å². The van der Waals surface area contributed by atoms with Crippen LogP contribution < -0.4 is 15.4 Å². The first-order valence-electron chi connectivity index (χ1n) is 9.11. The number of carbonyl (C=O) groups is 2. The van der Waals surface area contributed by atoms with Crippen LogP contribution in [0.5, 0.6) is 5.75 Å². The van der Waals surface area contributed by atoms with Crippen molar-refractivity contribution in [2.75, 3.05) is 13.7 Å². The first-order valence-corrected chi connectivity index (χ1v) is 9.99. The smallest absolute Gasteiger partial charge is 0.315 e. The highest BCUT2D eigenvalue weighted by molar-refractivity contribution is 7.09. The predicted molar refractivity (Wildman–Crippen MR) is 106 cm³/mol. The Kier molecular flexibility index (Phi) is 6.70. The Labute approximate surface area is 163 Å². The second-order valence-corrected chi connectivity index (χ2v) is 7.63. The van der Waals surface area contributed by atoms with E-state index in [9.17, 15) is 9.59 Å². The van der Waals surface area contributed by atoms with Gasteiger partial charge in [0, 0.05) is 30.4 Å². The van der Waals surface area contributed by atoms with Crippen molar-refractivity contribution in [3.05, 3.63) is 52.2 Å². The molecule has 1 aromatic carbocycles. The molecule has 1 atom stereocenters. The maximum Gasteiger partial charge on any atom is 0.315 e. The summed E-state index contributed by atoms with van der Waals surface area (Å²) in [7, 11) is 1.63. The molecular weight excluding hydrogens is 362 g/mol. The van der Waals surface area contributed by atoms with Crippen LogP contribution in [0.2, 0.25) is 0 Å². The van der Waals surface area contributed by atoms with Crippen molar-refractivity contribution in [3.8, 4) is 5.75 Å². The van der Waals surface area contributed by atoms with Gasteiger partial charge in [-0.05, 0) is 42.0 Å². The number of thiophene rings is 1. The van der Waals surface area contributed by atoms with Crippen molar-refractivity contribution in [1.82, 2.24) is 15.5 Å². The average Bonchev–Trinajstić information content (AvgIpc) is 3.15. The van der Waals surface area contributed by atoms with Crippen LogP contribution in [-0.2, 0) is 17.9 Å². The monoisotopic (exact) mass is 387 g/mol. The van der Waals surface area contributed by atoms with Gasteiger partial charge in [0.25, 0.3) is 0 Å². The van der Waals surface area contributed by atoms with Gasteiger partial charge in [0.15, 0.2) is 0 Å². The van der Waals surface area contributed by atoms with Crippen molar-refractivity contribution >= 4 is 23.3 Å². The van der Waals surface area contributed by atoms with Crippen molar-refractivity contribution in [3.63, 3.8) is 0 Å². The van der Waals surface area contributed by atoms with E-state index in [0.29, 0.717) is 32.5 Å². The van der Waals surface area contributed by atoms with Crippen molar-refractivity contribution in [2.45, 2.75) is 38.4 Å². The Morgan fingerprint density at radius 2 is 2.19 bits per heavy atom. The normalized spacial score (nSPS) is 17.3. The minimum Gasteiger partial charge on any atom is -0.497 e. The number of hydrogen-bond acceptors (Lipinski definition) is 4. The third-order valence-corrected chi connectivity index (χ3v) is 5.53. The van der Waals surface area contributed by atoms with Gasteiger partial charge in [0.05, 0.1) is 13.7 Å². The second-order valence-electron chi connectivity index (χ2n) is 6.60. The molecule has 1 fully saturated rings. The lowest BCUT2D eigenvalue weighted by atomic mass is 10.1. The Hall–Kier alpha value is -2.54. The van der Waals surface area contributed by atoms with E-state index in [1.54, 1.807) is 18.4 Å². The maximum atomic E-state index is 12.5. The summed E-state index contributed by atoms with van der Waals surface area (Å²) in [4.78, 5) is 27.5. The lowest BCUT2D eigenvalue weighted by molar-refractivity contribution is -0.131. The fourth-order valence-corrected chi connectivity index (χ4v) is 3.80. The predicted octanol–water partition coefficient (Wildman–Crippen LogP) is 3.14. The van der Waals surface area contributed by atoms with E-state index >= 15 is 0 Å². The molecule has 1 saturated heterocycles. The lowest BCUT2D eigenvalue weighted by Gasteiger charge is -2.21. The first-order chi connectivity index (χ1) is 13.1. The number of amides is 3. The molecule has 2 N–H and O–H groups in total. The number of methoxy groups -OCH3 is 1. The third kappa shape index (κ3) is 5.72. The zero-order valence-corrected chi connectivity index (χ0v) is 16.3. The molecule has 6 nitrogen and oxygen atoms in total. The topological polar surface area (TPSA) is 70.7 Å². The number of carbonyl (C=O) groups excluding carboxylic acids is 2. The van der Waals surface area contributed by atoms with E-state index in [1.165, 1.54) is 0 Å². The molecule has 0 saturated carbocycles. The molecular formula is C20H25N3O3S. The van der Waals surface area contributed by atoms with Gasteiger partial charge in [0.1, 0.15) is 5.75 Å². The number of likely N-dealkylation sites (tertiary alicyclic amines) is 1. The number of benzene rings is 1. The van der Waals surface area contributed by atoms with E-state index < -0.39 is 0 Å². The van der Waals surface area contributed by atoms with Crippen molar-refractivity contribution < 1.29 is 14.3 Å². The van der Waals surface area contributed by atoms with Gasteiger partial charge >= 0.3 is 6.03 Å². The minimum atomic E-state index is -0.179. The van der Waals surface area contributed by atoms with Crippen LogP contribution in [0.15, 0.2) is 41.8 Å². The van der Waals surface area contributed by atoms with Gasteiger partial charge in [0.2, 0.25) is 5.91 Å². The highest BCUT2D eigenvalue weighted by atomic mass is 32.1. The minimum absolute atomic E-state index is 0.00703. The van der Waals surface area contributed by atoms with E-state index in [4.69, 9.17) is 4.74 Å². The van der Waals surface area contributed by atoms with Gasteiger partial charge in [-0.2, -0.15) is 0 Å². The summed E-state index contributed by atoms with van der Waals surface area (Å²) < 4.78 is 5.25. The fraction of sp³-hybridized carbons (Fsp3) is 0.400. The van der Waals surface area contributed by atoms with E-state index in [1.807, 2.05) is 46.7 Å². The standard InChI is InChI=1S/C20H25N3O3S/c1-26-17-5-2-4-15(12-17)14-23-10-9-16(7-8-19(23)24)22-20(25)21-13-18-6-3-11-27-18/h2-6,11-12,16H,7-10,13-14H2,1H3,(H2,21,22,25). The van der Waals surface area contributed by atoms with E-state index in [-0.39, 0.29) is 18.0 Å². The molecule has 7 heteroatoms. The molecule has 3 rings (SSSR count). The third-order valence-electron chi connectivity index (χ3n) is 4.65. The van der Waals surface area contributed by atoms with Gasteiger partial charge in [-0.3, -0.25) is 4.79 Å². The van der Waals surface area contributed by atoms with Crippen LogP contribution in [0.4, 0.5) is 4.79 Å². The molecule has 2 heterocycles. The number of urea groups is 1. The first kappa shape index (κ1) is 19.2. The summed E-state index contributed by atoms with van der Waals surface area (Å²) in [5.41, 5.74) is 1.04. The molecule has 1 unspecified atom stereocenters. The Morgan fingerprint density at radius 1 is 1.30 bits per heavy atom. The molecule has 2 aromatic rings. The maximum absolute atomic E-state index is 12.5. The van der Waals surface area contributed by atoms with Gasteiger partial charge in [-0.15, -0.1) is 11.3 Å². The summed E-state index contributed by atoms with van der Waals surface area (Å²) >= 11 is 1.62. The second kappa shape index (κ2) is 9.41. The molecule has 27 heavy (non-hydrogen) atoms. The van der Waals surface area contributed by atoms with Gasteiger partial charge in [-0.1, -0.05) is 18.2 Å². The summed E-state index contributed by atoms with van der Waals surface area (Å²) in [6, 6.07) is 11.6. The molecule has 0 aliphatic carbocycles. The number of nitrogens with zero attached hydrogens (tertiary/aromatic N) is 1. The van der Waals surface area contributed by atoms with Crippen molar-refractivity contribution in [2.24, 2.45) is 0 Å². The summed E-state index contributed by atoms with van der Waals surface area (Å²) in [5, 5.41) is 7.86. The van der Waals surface area contributed by atoms with Crippen LogP contribution in [0.1, 0.15) is 29.7 Å². The summed E-state index contributed by atoms with van der Waals surface area (Å²) in [6.45, 7) is 1.72. The van der Waals surface area contributed by atoms with E-state index in [2.05, 4.69) is 10.6 Å². The summed E-state index contributed by atoms with van der Waals surface area (Å²) in [6.07, 6.45) is 1.86. The molecule has 1 aliphatic heterocycles. The quantitative estimate of drug-likeness (QED) is 0.800. The van der Waals surface area contributed by atoms with Gasteiger partial charge in [-0.25, -0.2) is 4.79 Å². The molecule has 144 valence electrons. The van der Waals surface area contributed by atoms with Gasteiger partial charge < -0.3 is 20.3 Å². The fourth-order valence-electron chi connectivity index (χ4n) is 3.16. The van der Waals surface area contributed by atoms with Crippen LogP contribution in [-0.4, -0.2) is 36.5 Å². The van der Waals surface area contributed by atoms with Crippen LogP contribution in [0.3, 0.4) is 0 Å². The number of nitrogens with one attached hydrogen (secondary N) is 2. The molecule has 0 radical (unpaired) electrons. The van der Waals surface area contributed by atoms with E-state index in [0.717, 1.165) is 22.6 Å². The number of rotatable bonds is 6. The molecule has 0 spiro atoms. The number of hydrogen-bond donors (Lipinski definition) is 2. The Bertz CT molecular complexity index is 764. The molecule has 3 amide bonds. The highest BCUT2D eigenvalue weighted by Crippen LogP contribution is 2.18. The lowest BCUT2D eigenvalue weighted by Crippen LogP contribution is -2.42. The zero-order valence-electron chi connectivity index (χ0n) is 15.4. The Balaban J connectivity index is 1.49. The molecule has 1 aromatic heterocycles. The number of ether oxygens (including phenoxy) is 1. The zero-order chi connectivity index (χ0) is 19.1. The molecule has 0 bridgehead atoms. The summed E-state index contributed by atoms with van der Waals surface area (Å²) in [5.74, 6) is 0.915. The molecule has 1 aliphatic rings. The van der Waals surface area contributed by atoms with Crippen molar-refractivity contribution in [1.29, 1.82) is 0 Å². The van der Waals surface area contributed by atoms with Crippen LogP contribution in [0.25, 0.3) is 0 Å². The Morgan fingerprint density at radius 3 is 2.96 bits per heavy atom. The average molecular weight is 388 g/mol.